The highest BCUT2D eigenvalue weighted by Crippen LogP contribution is 2.21. The Hall–Kier alpha value is -1.93. The molecule has 0 saturated carbocycles. The number of primary sulfonamides is 1. The Morgan fingerprint density at radius 3 is 2.42 bits per heavy atom. The molecular weight excluding hydrogens is 332 g/mol. The first-order chi connectivity index (χ1) is 10.9. The number of carboxylic acid groups (broad SMARTS) is 1. The van der Waals surface area contributed by atoms with E-state index in [1.54, 1.807) is 0 Å². The fourth-order valence-electron chi connectivity index (χ4n) is 2.11. The van der Waals surface area contributed by atoms with Crippen molar-refractivity contribution in [2.45, 2.75) is 45.4 Å². The van der Waals surface area contributed by atoms with Gasteiger partial charge in [0.2, 0.25) is 10.0 Å². The van der Waals surface area contributed by atoms with Crippen LogP contribution in [0.3, 0.4) is 0 Å². The lowest BCUT2D eigenvalue weighted by Gasteiger charge is -2.21. The summed E-state index contributed by atoms with van der Waals surface area (Å²) in [4.78, 5) is 23.6. The van der Waals surface area contributed by atoms with E-state index in [4.69, 9.17) is 5.14 Å². The molecule has 134 valence electrons. The van der Waals surface area contributed by atoms with Crippen LogP contribution in [0.25, 0.3) is 0 Å². The van der Waals surface area contributed by atoms with Gasteiger partial charge in [-0.1, -0.05) is 32.9 Å². The van der Waals surface area contributed by atoms with Gasteiger partial charge < -0.3 is 10.4 Å². The molecule has 7 nitrogen and oxygen atoms in total. The van der Waals surface area contributed by atoms with Crippen LogP contribution in [0.5, 0.6) is 0 Å². The topological polar surface area (TPSA) is 127 Å². The SMILES string of the molecule is CC(C)(C)CCC(NC(=O)c1cccc(CS(N)(=O)=O)c1)C(=O)O. The van der Waals surface area contributed by atoms with Gasteiger partial charge in [0.25, 0.3) is 5.91 Å². The van der Waals surface area contributed by atoms with Crippen LogP contribution in [0.4, 0.5) is 0 Å². The summed E-state index contributed by atoms with van der Waals surface area (Å²) < 4.78 is 22.3. The smallest absolute Gasteiger partial charge is 0.326 e. The molecule has 0 aliphatic rings. The van der Waals surface area contributed by atoms with Gasteiger partial charge in [-0.3, -0.25) is 4.79 Å². The number of amides is 1. The normalized spacial score (nSPS) is 13.3. The molecule has 0 heterocycles. The van der Waals surface area contributed by atoms with Gasteiger partial charge in [-0.05, 0) is 36.0 Å². The molecule has 1 atom stereocenters. The van der Waals surface area contributed by atoms with Crippen molar-refractivity contribution in [2.24, 2.45) is 10.6 Å². The zero-order valence-electron chi connectivity index (χ0n) is 14.1. The van der Waals surface area contributed by atoms with Gasteiger partial charge in [-0.2, -0.15) is 0 Å². The van der Waals surface area contributed by atoms with E-state index in [1.165, 1.54) is 24.3 Å². The minimum atomic E-state index is -3.71. The van der Waals surface area contributed by atoms with Crippen LogP contribution in [-0.4, -0.2) is 31.4 Å². The molecule has 1 aromatic rings. The second-order valence-corrected chi connectivity index (χ2v) is 8.59. The van der Waals surface area contributed by atoms with Crippen LogP contribution < -0.4 is 10.5 Å². The average molecular weight is 356 g/mol. The van der Waals surface area contributed by atoms with E-state index in [0.717, 1.165) is 0 Å². The summed E-state index contributed by atoms with van der Waals surface area (Å²) in [5.74, 6) is -2.05. The quantitative estimate of drug-likeness (QED) is 0.682. The Morgan fingerprint density at radius 1 is 1.29 bits per heavy atom. The number of carboxylic acids is 1. The molecule has 0 fully saturated rings. The Labute approximate surface area is 142 Å². The number of benzene rings is 1. The number of nitrogens with two attached hydrogens (primary N) is 1. The summed E-state index contributed by atoms with van der Waals surface area (Å²) in [5.41, 5.74) is 0.512. The molecule has 0 radical (unpaired) electrons. The molecule has 4 N–H and O–H groups in total. The van der Waals surface area contributed by atoms with Gasteiger partial charge in [0.15, 0.2) is 0 Å². The highest BCUT2D eigenvalue weighted by Gasteiger charge is 2.23. The second-order valence-electron chi connectivity index (χ2n) is 6.97. The standard InChI is InChI=1S/C16H24N2O5S/c1-16(2,3)8-7-13(15(20)21)18-14(19)12-6-4-5-11(9-12)10-24(17,22)23/h4-6,9,13H,7-8,10H2,1-3H3,(H,18,19)(H,20,21)(H2,17,22,23). The lowest BCUT2D eigenvalue weighted by atomic mass is 9.88. The predicted molar refractivity (Wildman–Crippen MR) is 90.8 cm³/mol. The van der Waals surface area contributed by atoms with Gasteiger partial charge in [0, 0.05) is 5.56 Å². The molecule has 0 spiro atoms. The fourth-order valence-corrected chi connectivity index (χ4v) is 2.76. The lowest BCUT2D eigenvalue weighted by molar-refractivity contribution is -0.139. The van der Waals surface area contributed by atoms with E-state index in [2.05, 4.69) is 5.32 Å². The molecule has 1 rings (SSSR count). The van der Waals surface area contributed by atoms with E-state index in [9.17, 15) is 23.1 Å². The van der Waals surface area contributed by atoms with Gasteiger partial charge >= 0.3 is 5.97 Å². The maximum Gasteiger partial charge on any atom is 0.326 e. The Balaban J connectivity index is 2.84. The van der Waals surface area contributed by atoms with Crippen LogP contribution in [0.1, 0.15) is 49.5 Å². The second kappa shape index (κ2) is 7.76. The molecule has 1 amide bonds. The van der Waals surface area contributed by atoms with Crippen molar-refractivity contribution in [3.63, 3.8) is 0 Å². The first kappa shape index (κ1) is 20.1. The molecule has 0 saturated heterocycles. The van der Waals surface area contributed by atoms with E-state index < -0.39 is 27.9 Å². The molecule has 1 aromatic carbocycles. The van der Waals surface area contributed by atoms with Crippen molar-refractivity contribution >= 4 is 21.9 Å². The first-order valence-electron chi connectivity index (χ1n) is 7.50. The summed E-state index contributed by atoms with van der Waals surface area (Å²) in [5, 5.41) is 16.7. The predicted octanol–water partition coefficient (Wildman–Crippen LogP) is 1.48. The molecule has 0 aliphatic heterocycles. The Bertz CT molecular complexity index is 707. The molecule has 1 unspecified atom stereocenters. The molecule has 24 heavy (non-hydrogen) atoms. The van der Waals surface area contributed by atoms with E-state index in [-0.39, 0.29) is 16.7 Å². The van der Waals surface area contributed by atoms with Gasteiger partial charge in [-0.15, -0.1) is 0 Å². The van der Waals surface area contributed by atoms with Crippen LogP contribution >= 0.6 is 0 Å². The van der Waals surface area contributed by atoms with Crippen LogP contribution in [0.2, 0.25) is 0 Å². The molecular formula is C16H24N2O5S. The summed E-state index contributed by atoms with van der Waals surface area (Å²) in [6.45, 7) is 5.97. The number of carbonyl (C=O) groups excluding carboxylic acids is 1. The van der Waals surface area contributed by atoms with Crippen molar-refractivity contribution in [3.8, 4) is 0 Å². The Morgan fingerprint density at radius 2 is 1.92 bits per heavy atom. The first-order valence-corrected chi connectivity index (χ1v) is 9.22. The number of rotatable bonds is 7. The maximum absolute atomic E-state index is 12.2. The third kappa shape index (κ3) is 7.56. The molecule has 0 aromatic heterocycles. The van der Waals surface area contributed by atoms with Gasteiger partial charge in [0.05, 0.1) is 5.75 Å². The zero-order chi connectivity index (χ0) is 18.5. The number of carbonyl (C=O) groups is 2. The number of nitrogens with one attached hydrogen (secondary N) is 1. The van der Waals surface area contributed by atoms with Crippen LogP contribution in [-0.2, 0) is 20.6 Å². The average Bonchev–Trinajstić information content (AvgIpc) is 2.40. The van der Waals surface area contributed by atoms with E-state index >= 15 is 0 Å². The highest BCUT2D eigenvalue weighted by atomic mass is 32.2. The summed E-state index contributed by atoms with van der Waals surface area (Å²) in [6.07, 6.45) is 0.942. The van der Waals surface area contributed by atoms with Crippen LogP contribution in [0.15, 0.2) is 24.3 Å². The highest BCUT2D eigenvalue weighted by molar-refractivity contribution is 7.88. The van der Waals surface area contributed by atoms with E-state index in [1.807, 2.05) is 20.8 Å². The minimum Gasteiger partial charge on any atom is -0.480 e. The maximum atomic E-state index is 12.2. The molecule has 8 heteroatoms. The van der Waals surface area contributed by atoms with Crippen molar-refractivity contribution in [1.29, 1.82) is 0 Å². The van der Waals surface area contributed by atoms with Gasteiger partial charge in [0.1, 0.15) is 6.04 Å². The number of sulfonamides is 1. The fraction of sp³-hybridized carbons (Fsp3) is 0.500. The Kier molecular flexibility index (Phi) is 6.50. The monoisotopic (exact) mass is 356 g/mol. The third-order valence-electron chi connectivity index (χ3n) is 3.34. The minimum absolute atomic E-state index is 0.0478. The van der Waals surface area contributed by atoms with Crippen molar-refractivity contribution in [3.05, 3.63) is 35.4 Å². The summed E-state index contributed by atoms with van der Waals surface area (Å²) in [7, 11) is -3.71. The number of aliphatic carboxylic acids is 1. The number of hydrogen-bond donors (Lipinski definition) is 3. The number of hydrogen-bond acceptors (Lipinski definition) is 4. The van der Waals surface area contributed by atoms with E-state index in [0.29, 0.717) is 18.4 Å². The van der Waals surface area contributed by atoms with Gasteiger partial charge in [-0.25, -0.2) is 18.4 Å². The molecule has 0 bridgehead atoms. The van der Waals surface area contributed by atoms with Crippen molar-refractivity contribution in [1.82, 2.24) is 5.32 Å². The van der Waals surface area contributed by atoms with Crippen molar-refractivity contribution < 1.29 is 23.1 Å². The third-order valence-corrected chi connectivity index (χ3v) is 4.08. The summed E-state index contributed by atoms with van der Waals surface area (Å²) in [6, 6.07) is 4.95. The molecule has 0 aliphatic carbocycles. The lowest BCUT2D eigenvalue weighted by Crippen LogP contribution is -2.41. The zero-order valence-corrected chi connectivity index (χ0v) is 14.9. The van der Waals surface area contributed by atoms with Crippen molar-refractivity contribution in [2.75, 3.05) is 0 Å². The van der Waals surface area contributed by atoms with Crippen LogP contribution in [0, 0.1) is 5.41 Å². The summed E-state index contributed by atoms with van der Waals surface area (Å²) >= 11 is 0. The largest absolute Gasteiger partial charge is 0.480 e.